The van der Waals surface area contributed by atoms with Gasteiger partial charge in [-0.2, -0.15) is 9.97 Å². The predicted octanol–water partition coefficient (Wildman–Crippen LogP) is 4.68. The fourth-order valence-corrected chi connectivity index (χ4v) is 6.55. The number of fused-ring (bicyclic) bond motifs is 1. The van der Waals surface area contributed by atoms with Gasteiger partial charge in [0.15, 0.2) is 29.6 Å². The highest BCUT2D eigenvalue weighted by Crippen LogP contribution is 2.37. The van der Waals surface area contributed by atoms with Crippen LogP contribution in [0.2, 0.25) is 0 Å². The van der Waals surface area contributed by atoms with Crippen LogP contribution >= 0.6 is 0 Å². The lowest BCUT2D eigenvalue weighted by molar-refractivity contribution is -0.0619. The molecule has 0 aliphatic carbocycles. The van der Waals surface area contributed by atoms with Gasteiger partial charge in [-0.05, 0) is 48.9 Å². The summed E-state index contributed by atoms with van der Waals surface area (Å²) in [6.07, 6.45) is -5.29. The van der Waals surface area contributed by atoms with Crippen molar-refractivity contribution in [2.75, 3.05) is 12.9 Å². The molecule has 0 radical (unpaired) electrons. The van der Waals surface area contributed by atoms with Crippen molar-refractivity contribution in [1.29, 1.82) is 0 Å². The second kappa shape index (κ2) is 16.5. The second-order valence-electron chi connectivity index (χ2n) is 12.9. The molecule has 4 aromatic carbocycles. The third-order valence-corrected chi connectivity index (χ3v) is 9.68. The van der Waals surface area contributed by atoms with Crippen molar-refractivity contribution in [3.05, 3.63) is 160 Å². The molecule has 4 atom stereocenters. The maximum absolute atomic E-state index is 14.3. The number of sulfone groups is 1. The Bertz CT molecular complexity index is 2590. The SMILES string of the molecule is Cc1nc2c(OCc3ccccc3)nc(S(C)(=O)=O)nc2n(C2O[C@H](COC(=O)c3ccccc3)[C@@H](OC(=O)c3ccccc3)[C@H]2OC(=O)c2ccccc2)c1=O. The van der Waals surface area contributed by atoms with Crippen molar-refractivity contribution in [2.24, 2.45) is 0 Å². The number of carbonyl (C=O) groups is 3. The van der Waals surface area contributed by atoms with Gasteiger partial charge < -0.3 is 23.7 Å². The highest BCUT2D eigenvalue weighted by molar-refractivity contribution is 7.90. The Balaban J connectivity index is 1.38. The first-order valence-electron chi connectivity index (χ1n) is 17.6. The monoisotopic (exact) mass is 790 g/mol. The number of hydrogen-bond acceptors (Lipinski definition) is 14. The lowest BCUT2D eigenvalue weighted by atomic mass is 10.1. The number of ether oxygens (including phenoxy) is 5. The molecule has 1 fully saturated rings. The molecule has 57 heavy (non-hydrogen) atoms. The molecular weight excluding hydrogens is 757 g/mol. The van der Waals surface area contributed by atoms with Gasteiger partial charge in [-0.15, -0.1) is 0 Å². The second-order valence-corrected chi connectivity index (χ2v) is 14.8. The molecule has 0 spiro atoms. The van der Waals surface area contributed by atoms with E-state index in [0.29, 0.717) is 0 Å². The van der Waals surface area contributed by atoms with Crippen LogP contribution in [-0.2, 0) is 35.4 Å². The molecule has 0 bridgehead atoms. The van der Waals surface area contributed by atoms with Crippen LogP contribution in [0.5, 0.6) is 5.88 Å². The fourth-order valence-electron chi connectivity index (χ4n) is 6.05. The lowest BCUT2D eigenvalue weighted by Gasteiger charge is -2.26. The Kier molecular flexibility index (Phi) is 11.2. The van der Waals surface area contributed by atoms with Crippen LogP contribution in [0.1, 0.15) is 48.6 Å². The van der Waals surface area contributed by atoms with Gasteiger partial charge >= 0.3 is 17.9 Å². The summed E-state index contributed by atoms with van der Waals surface area (Å²) in [7, 11) is -4.14. The summed E-state index contributed by atoms with van der Waals surface area (Å²) >= 11 is 0. The highest BCUT2D eigenvalue weighted by Gasteiger charge is 2.52. The minimum Gasteiger partial charge on any atom is -0.471 e. The summed E-state index contributed by atoms with van der Waals surface area (Å²) in [5.41, 5.74) is -0.220. The van der Waals surface area contributed by atoms with E-state index >= 15 is 0 Å². The zero-order valence-corrected chi connectivity index (χ0v) is 31.3. The molecule has 15 nitrogen and oxygen atoms in total. The van der Waals surface area contributed by atoms with Gasteiger partial charge in [0.1, 0.15) is 25.0 Å². The molecule has 290 valence electrons. The molecule has 0 amide bonds. The number of esters is 3. The number of benzene rings is 4. The molecule has 7 rings (SSSR count). The first kappa shape index (κ1) is 38.5. The Morgan fingerprint density at radius 3 is 1.75 bits per heavy atom. The summed E-state index contributed by atoms with van der Waals surface area (Å²) in [5, 5.41) is -0.701. The highest BCUT2D eigenvalue weighted by atomic mass is 32.2. The predicted molar refractivity (Wildman–Crippen MR) is 202 cm³/mol. The van der Waals surface area contributed by atoms with Crippen molar-refractivity contribution in [3.8, 4) is 5.88 Å². The van der Waals surface area contributed by atoms with Gasteiger partial charge in [0.2, 0.25) is 15.7 Å². The largest absolute Gasteiger partial charge is 0.471 e. The topological polar surface area (TPSA) is 192 Å². The molecule has 0 saturated carbocycles. The Hall–Kier alpha value is -6.78. The summed E-state index contributed by atoms with van der Waals surface area (Å²) in [5.74, 6) is -2.72. The summed E-state index contributed by atoms with van der Waals surface area (Å²) in [6, 6.07) is 33.0. The fraction of sp³-hybridized carbons (Fsp3) is 0.195. The lowest BCUT2D eigenvalue weighted by Crippen LogP contribution is -2.42. The average Bonchev–Trinajstić information content (AvgIpc) is 3.55. The molecule has 1 saturated heterocycles. The van der Waals surface area contributed by atoms with Crippen LogP contribution < -0.4 is 10.3 Å². The molecule has 2 aromatic heterocycles. The Labute approximate surface area is 325 Å². The van der Waals surface area contributed by atoms with Crippen LogP contribution in [0.15, 0.2) is 131 Å². The zero-order chi connectivity index (χ0) is 40.1. The van der Waals surface area contributed by atoms with Gasteiger partial charge in [0.05, 0.1) is 16.7 Å². The number of nitrogens with zero attached hydrogens (tertiary/aromatic N) is 4. The van der Waals surface area contributed by atoms with Gasteiger partial charge in [-0.25, -0.2) is 27.8 Å². The van der Waals surface area contributed by atoms with Crippen LogP contribution in [0, 0.1) is 6.92 Å². The number of aromatic nitrogens is 4. The van der Waals surface area contributed by atoms with E-state index in [4.69, 9.17) is 23.7 Å². The molecule has 16 heteroatoms. The minimum absolute atomic E-state index is 0.0559. The number of carbonyl (C=O) groups excluding carboxylic acids is 3. The molecule has 3 heterocycles. The van der Waals surface area contributed by atoms with Crippen LogP contribution in [-0.4, -0.2) is 77.0 Å². The maximum Gasteiger partial charge on any atom is 0.338 e. The van der Waals surface area contributed by atoms with Gasteiger partial charge in [0, 0.05) is 6.26 Å². The van der Waals surface area contributed by atoms with Gasteiger partial charge in [0.25, 0.3) is 10.7 Å². The molecule has 0 N–H and O–H groups in total. The van der Waals surface area contributed by atoms with E-state index < -0.39 is 69.6 Å². The van der Waals surface area contributed by atoms with E-state index in [2.05, 4.69) is 15.0 Å². The molecular formula is C41H34N4O11S. The third kappa shape index (κ3) is 8.56. The Morgan fingerprint density at radius 1 is 0.702 bits per heavy atom. The number of rotatable bonds is 12. The van der Waals surface area contributed by atoms with E-state index in [1.807, 2.05) is 6.07 Å². The number of hydrogen-bond donors (Lipinski definition) is 0. The smallest absolute Gasteiger partial charge is 0.338 e. The van der Waals surface area contributed by atoms with Crippen molar-refractivity contribution in [1.82, 2.24) is 19.5 Å². The van der Waals surface area contributed by atoms with E-state index in [-0.39, 0.29) is 46.0 Å². The first-order valence-corrected chi connectivity index (χ1v) is 19.4. The van der Waals surface area contributed by atoms with E-state index in [1.165, 1.54) is 31.2 Å². The third-order valence-electron chi connectivity index (χ3n) is 8.83. The van der Waals surface area contributed by atoms with Crippen molar-refractivity contribution in [2.45, 2.75) is 43.2 Å². The summed E-state index contributed by atoms with van der Waals surface area (Å²) in [6.45, 7) is 0.803. The van der Waals surface area contributed by atoms with Crippen molar-refractivity contribution < 1.29 is 46.5 Å². The van der Waals surface area contributed by atoms with Gasteiger partial charge in [-0.3, -0.25) is 9.36 Å². The minimum atomic E-state index is -4.14. The summed E-state index contributed by atoms with van der Waals surface area (Å²) in [4.78, 5) is 67.7. The quantitative estimate of drug-likeness (QED) is 0.0943. The Morgan fingerprint density at radius 2 is 1.21 bits per heavy atom. The maximum atomic E-state index is 14.3. The first-order chi connectivity index (χ1) is 27.5. The molecule has 1 aliphatic rings. The summed E-state index contributed by atoms with van der Waals surface area (Å²) < 4.78 is 57.0. The zero-order valence-electron chi connectivity index (χ0n) is 30.5. The normalized spacial score (nSPS) is 17.8. The van der Waals surface area contributed by atoms with Crippen molar-refractivity contribution in [3.63, 3.8) is 0 Å². The molecule has 1 unspecified atom stereocenters. The van der Waals surface area contributed by atoms with E-state index in [0.717, 1.165) is 16.4 Å². The van der Waals surface area contributed by atoms with Crippen LogP contribution in [0.25, 0.3) is 11.2 Å². The average molecular weight is 791 g/mol. The van der Waals surface area contributed by atoms with E-state index in [1.54, 1.807) is 91.0 Å². The molecule has 1 aliphatic heterocycles. The number of aryl methyl sites for hydroxylation is 1. The van der Waals surface area contributed by atoms with E-state index in [9.17, 15) is 27.6 Å². The van der Waals surface area contributed by atoms with Crippen molar-refractivity contribution >= 4 is 38.9 Å². The van der Waals surface area contributed by atoms with Gasteiger partial charge in [-0.1, -0.05) is 84.9 Å². The standard InChI is InChI=1S/C41H34N4O11S/c1-25-36(46)45(34-31(42-25)35(44-41(43-34)57(2,50)51)52-23-26-15-7-3-8-16-26)37-33(56-40(49)29-21-13-6-14-22-29)32(55-39(48)28-19-11-5-12-20-28)30(54-37)24-53-38(47)27-17-9-4-10-18-27/h3-22,30,32-33,37H,23-24H2,1-2H3/t30-,32-,33-,37?/m1/s1. The van der Waals surface area contributed by atoms with Crippen LogP contribution in [0.3, 0.4) is 0 Å². The van der Waals surface area contributed by atoms with Crippen LogP contribution in [0.4, 0.5) is 0 Å². The molecule has 6 aromatic rings.